The van der Waals surface area contributed by atoms with E-state index in [0.29, 0.717) is 12.6 Å². The molecule has 0 aromatic heterocycles. The molecule has 0 spiro atoms. The van der Waals surface area contributed by atoms with Gasteiger partial charge in [-0.15, -0.1) is 0 Å². The third-order valence-electron chi connectivity index (χ3n) is 2.51. The Morgan fingerprint density at radius 1 is 1.54 bits per heavy atom. The minimum atomic E-state index is 0.213. The molecule has 0 bridgehead atoms. The molecule has 2 unspecified atom stereocenters. The van der Waals surface area contributed by atoms with Gasteiger partial charge in [0, 0.05) is 13.2 Å². The fourth-order valence-corrected chi connectivity index (χ4v) is 1.53. The highest BCUT2D eigenvalue weighted by Crippen LogP contribution is 2.13. The van der Waals surface area contributed by atoms with Gasteiger partial charge < -0.3 is 15.2 Å². The van der Waals surface area contributed by atoms with E-state index in [9.17, 15) is 0 Å². The van der Waals surface area contributed by atoms with Gasteiger partial charge >= 0.3 is 0 Å². The zero-order valence-electron chi connectivity index (χ0n) is 8.50. The Morgan fingerprint density at radius 2 is 2.38 bits per heavy atom. The van der Waals surface area contributed by atoms with Crippen LogP contribution in [0.4, 0.5) is 0 Å². The van der Waals surface area contributed by atoms with Crippen molar-refractivity contribution in [2.45, 2.75) is 44.8 Å². The van der Waals surface area contributed by atoms with Crippen molar-refractivity contribution in [1.29, 1.82) is 0 Å². The van der Waals surface area contributed by atoms with Crippen molar-refractivity contribution in [3.63, 3.8) is 0 Å². The van der Waals surface area contributed by atoms with E-state index >= 15 is 0 Å². The lowest BCUT2D eigenvalue weighted by molar-refractivity contribution is -0.0613. The summed E-state index contributed by atoms with van der Waals surface area (Å²) in [4.78, 5) is 0. The molecule has 0 aromatic carbocycles. The van der Waals surface area contributed by atoms with E-state index in [4.69, 9.17) is 15.2 Å². The van der Waals surface area contributed by atoms with Crippen LogP contribution in [0.25, 0.3) is 0 Å². The number of hydrogen-bond acceptors (Lipinski definition) is 3. The van der Waals surface area contributed by atoms with E-state index in [2.05, 4.69) is 6.92 Å². The van der Waals surface area contributed by atoms with Crippen LogP contribution in [0, 0.1) is 0 Å². The van der Waals surface area contributed by atoms with Crippen LogP contribution in [0.2, 0.25) is 0 Å². The molecule has 0 amide bonds. The van der Waals surface area contributed by atoms with Gasteiger partial charge in [-0.25, -0.2) is 0 Å². The van der Waals surface area contributed by atoms with Gasteiger partial charge in [0.1, 0.15) is 0 Å². The van der Waals surface area contributed by atoms with Gasteiger partial charge in [-0.05, 0) is 25.7 Å². The first-order valence-electron chi connectivity index (χ1n) is 5.30. The van der Waals surface area contributed by atoms with Crippen LogP contribution in [0.3, 0.4) is 0 Å². The van der Waals surface area contributed by atoms with E-state index in [1.165, 1.54) is 12.8 Å². The first-order chi connectivity index (χ1) is 6.36. The van der Waals surface area contributed by atoms with Gasteiger partial charge in [0.2, 0.25) is 0 Å². The monoisotopic (exact) mass is 187 g/mol. The molecule has 13 heavy (non-hydrogen) atoms. The van der Waals surface area contributed by atoms with Gasteiger partial charge in [0.05, 0.1) is 18.8 Å². The van der Waals surface area contributed by atoms with Crippen LogP contribution in [0.5, 0.6) is 0 Å². The third kappa shape index (κ3) is 4.07. The molecule has 1 rings (SSSR count). The molecule has 0 radical (unpaired) electrons. The van der Waals surface area contributed by atoms with Crippen molar-refractivity contribution < 1.29 is 9.47 Å². The van der Waals surface area contributed by atoms with E-state index in [-0.39, 0.29) is 6.10 Å². The summed E-state index contributed by atoms with van der Waals surface area (Å²) in [6.45, 7) is 4.33. The molecule has 2 N–H and O–H groups in total. The summed E-state index contributed by atoms with van der Waals surface area (Å²) in [5.41, 5.74) is 5.53. The zero-order chi connectivity index (χ0) is 9.52. The summed E-state index contributed by atoms with van der Waals surface area (Å²) in [5, 5.41) is 0. The normalized spacial score (nSPS) is 25.8. The Hall–Kier alpha value is -0.120. The maximum Gasteiger partial charge on any atom is 0.0808 e. The van der Waals surface area contributed by atoms with E-state index < -0.39 is 0 Å². The predicted molar refractivity (Wildman–Crippen MR) is 52.7 cm³/mol. The number of hydrogen-bond donors (Lipinski definition) is 1. The van der Waals surface area contributed by atoms with Crippen LogP contribution in [-0.2, 0) is 9.47 Å². The van der Waals surface area contributed by atoms with Crippen LogP contribution < -0.4 is 5.73 Å². The molecule has 1 aliphatic rings. The molecular weight excluding hydrogens is 166 g/mol. The smallest absolute Gasteiger partial charge is 0.0808 e. The summed E-state index contributed by atoms with van der Waals surface area (Å²) < 4.78 is 11.2. The molecule has 1 saturated heterocycles. The molecule has 0 aromatic rings. The SMILES string of the molecule is CCC(CN)OCC1CCCCO1. The molecule has 1 fully saturated rings. The molecule has 78 valence electrons. The molecule has 1 aliphatic heterocycles. The lowest BCUT2D eigenvalue weighted by Gasteiger charge is -2.24. The summed E-state index contributed by atoms with van der Waals surface area (Å²) in [6.07, 6.45) is 5.13. The Labute approximate surface area is 80.6 Å². The largest absolute Gasteiger partial charge is 0.376 e. The standard InChI is InChI=1S/C10H21NO2/c1-2-9(7-11)13-8-10-5-3-4-6-12-10/h9-10H,2-8,11H2,1H3. The third-order valence-corrected chi connectivity index (χ3v) is 2.51. The molecule has 1 heterocycles. The Kier molecular flexibility index (Phi) is 5.35. The average molecular weight is 187 g/mol. The maximum atomic E-state index is 5.63. The summed E-state index contributed by atoms with van der Waals surface area (Å²) in [6, 6.07) is 0. The van der Waals surface area contributed by atoms with Gasteiger partial charge in [-0.3, -0.25) is 0 Å². The van der Waals surface area contributed by atoms with Crippen LogP contribution >= 0.6 is 0 Å². The predicted octanol–water partition coefficient (Wildman–Crippen LogP) is 1.31. The fraction of sp³-hybridized carbons (Fsp3) is 1.00. The number of ether oxygens (including phenoxy) is 2. The highest BCUT2D eigenvalue weighted by atomic mass is 16.5. The van der Waals surface area contributed by atoms with Crippen molar-refractivity contribution in [3.05, 3.63) is 0 Å². The highest BCUT2D eigenvalue weighted by molar-refractivity contribution is 4.64. The van der Waals surface area contributed by atoms with Gasteiger partial charge in [-0.2, -0.15) is 0 Å². The fourth-order valence-electron chi connectivity index (χ4n) is 1.53. The molecule has 3 nitrogen and oxygen atoms in total. The number of nitrogens with two attached hydrogens (primary N) is 1. The lowest BCUT2D eigenvalue weighted by atomic mass is 10.1. The zero-order valence-corrected chi connectivity index (χ0v) is 8.50. The molecule has 3 heteroatoms. The summed E-state index contributed by atoms with van der Waals surface area (Å²) in [7, 11) is 0. The van der Waals surface area contributed by atoms with Gasteiger partial charge in [0.15, 0.2) is 0 Å². The second-order valence-electron chi connectivity index (χ2n) is 3.59. The Balaban J connectivity index is 2.09. The first kappa shape index (κ1) is 11.0. The van der Waals surface area contributed by atoms with Gasteiger partial charge in [0.25, 0.3) is 0 Å². The number of rotatable bonds is 5. The molecule has 0 saturated carbocycles. The van der Waals surface area contributed by atoms with E-state index in [1.54, 1.807) is 0 Å². The Bertz CT molecular complexity index is 120. The van der Waals surface area contributed by atoms with E-state index in [0.717, 1.165) is 26.1 Å². The van der Waals surface area contributed by atoms with Crippen molar-refractivity contribution in [2.24, 2.45) is 5.73 Å². The van der Waals surface area contributed by atoms with Crippen LogP contribution in [0.1, 0.15) is 32.6 Å². The second kappa shape index (κ2) is 6.35. The minimum absolute atomic E-state index is 0.213. The van der Waals surface area contributed by atoms with Crippen LogP contribution in [0.15, 0.2) is 0 Å². The van der Waals surface area contributed by atoms with Crippen LogP contribution in [-0.4, -0.2) is 32.0 Å². The van der Waals surface area contributed by atoms with Gasteiger partial charge in [-0.1, -0.05) is 6.92 Å². The molecule has 2 atom stereocenters. The van der Waals surface area contributed by atoms with Crippen molar-refractivity contribution in [2.75, 3.05) is 19.8 Å². The minimum Gasteiger partial charge on any atom is -0.376 e. The quantitative estimate of drug-likeness (QED) is 0.705. The van der Waals surface area contributed by atoms with Crippen molar-refractivity contribution in [1.82, 2.24) is 0 Å². The topological polar surface area (TPSA) is 44.5 Å². The maximum absolute atomic E-state index is 5.63. The molecule has 0 aliphatic carbocycles. The molecular formula is C10H21NO2. The van der Waals surface area contributed by atoms with Crippen molar-refractivity contribution in [3.8, 4) is 0 Å². The summed E-state index contributed by atoms with van der Waals surface area (Å²) in [5.74, 6) is 0. The van der Waals surface area contributed by atoms with Crippen molar-refractivity contribution >= 4 is 0 Å². The highest BCUT2D eigenvalue weighted by Gasteiger charge is 2.15. The Morgan fingerprint density at radius 3 is 2.92 bits per heavy atom. The second-order valence-corrected chi connectivity index (χ2v) is 3.59. The lowest BCUT2D eigenvalue weighted by Crippen LogP contribution is -2.30. The van der Waals surface area contributed by atoms with E-state index in [1.807, 2.05) is 0 Å². The summed E-state index contributed by atoms with van der Waals surface area (Å²) >= 11 is 0. The first-order valence-corrected chi connectivity index (χ1v) is 5.30. The average Bonchev–Trinajstić information content (AvgIpc) is 2.21.